The highest BCUT2D eigenvalue weighted by Crippen LogP contribution is 2.36. The molecule has 2 rings (SSSR count). The molecule has 1 aromatic carbocycles. The lowest BCUT2D eigenvalue weighted by atomic mass is 10.1. The lowest BCUT2D eigenvalue weighted by Gasteiger charge is -2.14. The monoisotopic (exact) mass is 382 g/mol. The van der Waals surface area contributed by atoms with Crippen LogP contribution in [0.2, 0.25) is 0 Å². The Bertz CT molecular complexity index is 831. The van der Waals surface area contributed by atoms with Crippen molar-refractivity contribution in [1.82, 2.24) is 9.97 Å². The Morgan fingerprint density at radius 3 is 2.27 bits per heavy atom. The molecule has 0 aliphatic rings. The number of hydrogen-bond donors (Lipinski definition) is 0. The molecule has 9 heteroatoms. The van der Waals surface area contributed by atoms with Gasteiger partial charge in [0.1, 0.15) is 5.76 Å². The summed E-state index contributed by atoms with van der Waals surface area (Å²) in [6.45, 7) is 1.77. The van der Waals surface area contributed by atoms with Gasteiger partial charge in [0, 0.05) is 23.5 Å². The number of thioether (sulfide) groups is 1. The van der Waals surface area contributed by atoms with Crippen molar-refractivity contribution in [2.24, 2.45) is 0 Å². The van der Waals surface area contributed by atoms with Crippen LogP contribution in [0.5, 0.6) is 11.5 Å². The van der Waals surface area contributed by atoms with Crippen LogP contribution in [0.15, 0.2) is 17.4 Å². The molecule has 0 N–H and O–H groups in total. The third-order valence-electron chi connectivity index (χ3n) is 3.46. The Hall–Kier alpha value is -2.68. The van der Waals surface area contributed by atoms with E-state index in [-0.39, 0.29) is 23.7 Å². The predicted octanol–water partition coefficient (Wildman–Crippen LogP) is 3.47. The molecule has 0 aliphatic heterocycles. The SMILES string of the molecule is COc1cc(OC)c(F)c(/C(=C/c2cnc(SC)nc2C)OC=O)c1F. The maximum absolute atomic E-state index is 14.7. The van der Waals surface area contributed by atoms with Gasteiger partial charge in [-0.05, 0) is 19.3 Å². The Morgan fingerprint density at radius 2 is 1.81 bits per heavy atom. The fraction of sp³-hybridized carbons (Fsp3) is 0.235. The van der Waals surface area contributed by atoms with E-state index in [1.165, 1.54) is 38.3 Å². The summed E-state index contributed by atoms with van der Waals surface area (Å²) in [5.74, 6) is -2.94. The summed E-state index contributed by atoms with van der Waals surface area (Å²) in [5, 5.41) is 0.540. The molecule has 26 heavy (non-hydrogen) atoms. The van der Waals surface area contributed by atoms with Crippen LogP contribution >= 0.6 is 11.8 Å². The Balaban J connectivity index is 2.69. The van der Waals surface area contributed by atoms with Gasteiger partial charge < -0.3 is 14.2 Å². The van der Waals surface area contributed by atoms with E-state index in [4.69, 9.17) is 14.2 Å². The number of carbonyl (C=O) groups excluding carboxylic acids is 1. The third kappa shape index (κ3) is 3.93. The molecular weight excluding hydrogens is 366 g/mol. The number of nitrogens with zero attached hydrogens (tertiary/aromatic N) is 2. The summed E-state index contributed by atoms with van der Waals surface area (Å²) in [5.41, 5.74) is 0.383. The van der Waals surface area contributed by atoms with Gasteiger partial charge in [0.05, 0.1) is 19.8 Å². The van der Waals surface area contributed by atoms with Crippen molar-refractivity contribution < 1.29 is 27.8 Å². The molecule has 0 unspecified atom stereocenters. The highest BCUT2D eigenvalue weighted by Gasteiger charge is 2.24. The second-order valence-corrected chi connectivity index (χ2v) is 5.68. The minimum atomic E-state index is -1.03. The second kappa shape index (κ2) is 8.61. The van der Waals surface area contributed by atoms with Crippen LogP contribution in [0, 0.1) is 18.6 Å². The van der Waals surface area contributed by atoms with Crippen LogP contribution < -0.4 is 9.47 Å². The molecule has 0 saturated carbocycles. The molecule has 1 heterocycles. The molecule has 0 aliphatic carbocycles. The van der Waals surface area contributed by atoms with E-state index in [0.717, 1.165) is 6.07 Å². The molecule has 0 spiro atoms. The number of carbonyl (C=O) groups is 1. The Labute approximate surface area is 153 Å². The maximum Gasteiger partial charge on any atom is 0.298 e. The molecule has 0 radical (unpaired) electrons. The molecule has 0 saturated heterocycles. The minimum Gasteiger partial charge on any atom is -0.494 e. The summed E-state index contributed by atoms with van der Waals surface area (Å²) in [7, 11) is 2.45. The number of methoxy groups -OCH3 is 2. The smallest absolute Gasteiger partial charge is 0.298 e. The first kappa shape index (κ1) is 19.6. The van der Waals surface area contributed by atoms with Gasteiger partial charge >= 0.3 is 0 Å². The average Bonchev–Trinajstić information content (AvgIpc) is 2.63. The summed E-state index contributed by atoms with van der Waals surface area (Å²) >= 11 is 1.35. The Kier molecular flexibility index (Phi) is 6.51. The quantitative estimate of drug-likeness (QED) is 0.314. The zero-order valence-electron chi connectivity index (χ0n) is 14.5. The van der Waals surface area contributed by atoms with E-state index in [0.29, 0.717) is 16.4 Å². The standard InChI is InChI=1S/C17H16F2N2O4S/c1-9-10(7-20-17(21-9)26-4)5-11(25-8-22)14-15(18)12(23-2)6-13(24-3)16(14)19/h5-8H,1-4H3/b11-5-. The van der Waals surface area contributed by atoms with Crippen LogP contribution in [0.4, 0.5) is 8.78 Å². The highest BCUT2D eigenvalue weighted by atomic mass is 32.2. The molecule has 0 bridgehead atoms. The maximum atomic E-state index is 14.7. The molecule has 1 aromatic heterocycles. The summed E-state index contributed by atoms with van der Waals surface area (Å²) in [4.78, 5) is 19.2. The van der Waals surface area contributed by atoms with Gasteiger partial charge in [-0.25, -0.2) is 18.7 Å². The van der Waals surface area contributed by atoms with E-state index in [9.17, 15) is 13.6 Å². The van der Waals surface area contributed by atoms with E-state index in [1.807, 2.05) is 6.26 Å². The largest absolute Gasteiger partial charge is 0.494 e. The Morgan fingerprint density at radius 1 is 1.19 bits per heavy atom. The number of benzene rings is 1. The van der Waals surface area contributed by atoms with Crippen LogP contribution in [-0.4, -0.2) is 36.9 Å². The topological polar surface area (TPSA) is 70.5 Å². The van der Waals surface area contributed by atoms with Gasteiger partial charge in [-0.2, -0.15) is 0 Å². The van der Waals surface area contributed by atoms with E-state index in [2.05, 4.69) is 9.97 Å². The third-order valence-corrected chi connectivity index (χ3v) is 4.02. The van der Waals surface area contributed by atoms with Crippen molar-refractivity contribution in [2.75, 3.05) is 20.5 Å². The molecule has 2 aromatic rings. The fourth-order valence-corrected chi connectivity index (χ4v) is 2.54. The van der Waals surface area contributed by atoms with Gasteiger partial charge in [-0.15, -0.1) is 0 Å². The van der Waals surface area contributed by atoms with Gasteiger partial charge in [0.25, 0.3) is 6.47 Å². The average molecular weight is 382 g/mol. The normalized spacial score (nSPS) is 11.2. The lowest BCUT2D eigenvalue weighted by molar-refractivity contribution is -0.122. The summed E-state index contributed by atoms with van der Waals surface area (Å²) < 4.78 is 43.9. The van der Waals surface area contributed by atoms with Gasteiger partial charge in [-0.3, -0.25) is 4.79 Å². The number of aryl methyl sites for hydroxylation is 1. The van der Waals surface area contributed by atoms with Crippen molar-refractivity contribution in [1.29, 1.82) is 0 Å². The van der Waals surface area contributed by atoms with Crippen molar-refractivity contribution in [3.05, 3.63) is 40.7 Å². The number of hydrogen-bond acceptors (Lipinski definition) is 7. The van der Waals surface area contributed by atoms with Crippen molar-refractivity contribution in [3.8, 4) is 11.5 Å². The van der Waals surface area contributed by atoms with E-state index < -0.39 is 17.2 Å². The van der Waals surface area contributed by atoms with Gasteiger partial charge in [0.15, 0.2) is 28.3 Å². The predicted molar refractivity (Wildman–Crippen MR) is 93.0 cm³/mol. The summed E-state index contributed by atoms with van der Waals surface area (Å²) in [6.07, 6.45) is 4.56. The molecule has 0 amide bonds. The first-order chi connectivity index (χ1) is 12.5. The summed E-state index contributed by atoms with van der Waals surface area (Å²) in [6, 6.07) is 1.06. The van der Waals surface area contributed by atoms with Crippen LogP contribution in [0.1, 0.15) is 16.8 Å². The van der Waals surface area contributed by atoms with Crippen LogP contribution in [0.25, 0.3) is 11.8 Å². The van der Waals surface area contributed by atoms with Crippen molar-refractivity contribution in [3.63, 3.8) is 0 Å². The van der Waals surface area contributed by atoms with Crippen LogP contribution in [0.3, 0.4) is 0 Å². The molecular formula is C17H16F2N2O4S. The molecule has 0 fully saturated rings. The minimum absolute atomic E-state index is 0.0725. The second-order valence-electron chi connectivity index (χ2n) is 4.90. The first-order valence-electron chi connectivity index (χ1n) is 7.26. The van der Waals surface area contributed by atoms with Gasteiger partial charge in [-0.1, -0.05) is 11.8 Å². The molecule has 6 nitrogen and oxygen atoms in total. The van der Waals surface area contributed by atoms with Crippen LogP contribution in [-0.2, 0) is 9.53 Å². The number of aromatic nitrogens is 2. The number of ether oxygens (including phenoxy) is 3. The van der Waals surface area contributed by atoms with Gasteiger partial charge in [0.2, 0.25) is 0 Å². The van der Waals surface area contributed by atoms with E-state index in [1.54, 1.807) is 6.92 Å². The highest BCUT2D eigenvalue weighted by molar-refractivity contribution is 7.98. The molecule has 0 atom stereocenters. The van der Waals surface area contributed by atoms with Crippen molar-refractivity contribution >= 4 is 30.1 Å². The van der Waals surface area contributed by atoms with Crippen molar-refractivity contribution in [2.45, 2.75) is 12.1 Å². The fourth-order valence-electron chi connectivity index (χ4n) is 2.16. The number of halogens is 2. The van der Waals surface area contributed by atoms with E-state index >= 15 is 0 Å². The zero-order chi connectivity index (χ0) is 19.3. The first-order valence-corrected chi connectivity index (χ1v) is 8.49. The zero-order valence-corrected chi connectivity index (χ0v) is 15.3. The molecule has 138 valence electrons. The lowest BCUT2D eigenvalue weighted by Crippen LogP contribution is -2.04. The number of rotatable bonds is 7.